The molecule has 0 saturated heterocycles. The predicted molar refractivity (Wildman–Crippen MR) is 178 cm³/mol. The van der Waals surface area contributed by atoms with Gasteiger partial charge in [0.1, 0.15) is 5.75 Å². The zero-order valence-electron chi connectivity index (χ0n) is 26.3. The molecule has 0 bridgehead atoms. The summed E-state index contributed by atoms with van der Waals surface area (Å²) in [5.74, 6) is 0.964. The number of hydrogen-bond donors (Lipinski definition) is 0. The highest BCUT2D eigenvalue weighted by atomic mass is 16.5. The molecule has 0 heterocycles. The maximum absolute atomic E-state index is 6.07. The minimum atomic E-state index is 0.123. The first-order valence-corrected chi connectivity index (χ1v) is 16.8. The summed E-state index contributed by atoms with van der Waals surface area (Å²) in [7, 11) is 0. The predicted octanol–water partition coefficient (Wildman–Crippen LogP) is 12.4. The van der Waals surface area contributed by atoms with Gasteiger partial charge >= 0.3 is 0 Å². The van der Waals surface area contributed by atoms with Crippen LogP contribution in [0.5, 0.6) is 5.75 Å². The van der Waals surface area contributed by atoms with Crippen molar-refractivity contribution in [2.75, 3.05) is 13.2 Å². The average Bonchev–Trinajstić information content (AvgIpc) is 3.02. The Kier molecular flexibility index (Phi) is 16.3. The third-order valence-corrected chi connectivity index (χ3v) is 8.17. The lowest BCUT2D eigenvalue weighted by Crippen LogP contribution is -2.01. The molecule has 3 aromatic rings. The van der Waals surface area contributed by atoms with Gasteiger partial charge in [-0.3, -0.25) is 0 Å². The van der Waals surface area contributed by atoms with Crippen molar-refractivity contribution in [3.63, 3.8) is 0 Å². The van der Waals surface area contributed by atoms with Gasteiger partial charge in [0.15, 0.2) is 0 Å². The third-order valence-electron chi connectivity index (χ3n) is 8.17. The second kappa shape index (κ2) is 20.3. The van der Waals surface area contributed by atoms with Crippen molar-refractivity contribution in [1.82, 2.24) is 0 Å². The second-order valence-corrected chi connectivity index (χ2v) is 11.6. The first kappa shape index (κ1) is 32.9. The fourth-order valence-electron chi connectivity index (χ4n) is 5.46. The highest BCUT2D eigenvalue weighted by Crippen LogP contribution is 2.33. The lowest BCUT2D eigenvalue weighted by atomic mass is 9.94. The van der Waals surface area contributed by atoms with Gasteiger partial charge in [0.05, 0.1) is 12.7 Å². The Bertz CT molecular complexity index is 1050. The van der Waals surface area contributed by atoms with Crippen molar-refractivity contribution in [3.8, 4) is 28.0 Å². The van der Waals surface area contributed by atoms with Crippen molar-refractivity contribution in [2.45, 2.75) is 123 Å². The Morgan fingerprint density at radius 3 is 1.46 bits per heavy atom. The zero-order chi connectivity index (χ0) is 29.0. The molecule has 0 aromatic heterocycles. The number of hydrogen-bond acceptors (Lipinski definition) is 2. The van der Waals surface area contributed by atoms with E-state index in [1.54, 1.807) is 0 Å². The molecule has 0 fully saturated rings. The Morgan fingerprint density at radius 1 is 0.488 bits per heavy atom. The van der Waals surface area contributed by atoms with Crippen LogP contribution in [0.4, 0.5) is 0 Å². The van der Waals surface area contributed by atoms with Gasteiger partial charge in [-0.15, -0.1) is 0 Å². The van der Waals surface area contributed by atoms with Crippen molar-refractivity contribution < 1.29 is 9.47 Å². The van der Waals surface area contributed by atoms with Gasteiger partial charge in [-0.2, -0.15) is 0 Å². The van der Waals surface area contributed by atoms with Crippen molar-refractivity contribution >= 4 is 0 Å². The average molecular weight is 557 g/mol. The largest absolute Gasteiger partial charge is 0.494 e. The SMILES string of the molecule is CCCCCCCCCCCCCCCOc1ccc(-c2ccccc2-c2ccc(C(C)OCCCC)cc2)cc1. The quantitative estimate of drug-likeness (QED) is 0.115. The van der Waals surface area contributed by atoms with Crippen molar-refractivity contribution in [2.24, 2.45) is 0 Å². The topological polar surface area (TPSA) is 18.5 Å². The van der Waals surface area contributed by atoms with Gasteiger partial charge in [-0.05, 0) is 59.7 Å². The van der Waals surface area contributed by atoms with Crippen LogP contribution in [-0.2, 0) is 4.74 Å². The number of rotatable bonds is 22. The summed E-state index contributed by atoms with van der Waals surface area (Å²) in [6.45, 7) is 8.25. The Hall–Kier alpha value is -2.58. The minimum absolute atomic E-state index is 0.123. The van der Waals surface area contributed by atoms with Gasteiger partial charge in [0.25, 0.3) is 0 Å². The zero-order valence-corrected chi connectivity index (χ0v) is 26.3. The first-order chi connectivity index (χ1) is 20.2. The summed E-state index contributed by atoms with van der Waals surface area (Å²) >= 11 is 0. The summed E-state index contributed by atoms with van der Waals surface area (Å²) in [4.78, 5) is 0. The number of unbranched alkanes of at least 4 members (excludes halogenated alkanes) is 13. The van der Waals surface area contributed by atoms with Gasteiger partial charge in [0, 0.05) is 6.61 Å². The molecule has 0 amide bonds. The van der Waals surface area contributed by atoms with Crippen LogP contribution >= 0.6 is 0 Å². The monoisotopic (exact) mass is 556 g/mol. The van der Waals surface area contributed by atoms with Crippen LogP contribution in [0.2, 0.25) is 0 Å². The molecule has 41 heavy (non-hydrogen) atoms. The van der Waals surface area contributed by atoms with Gasteiger partial charge in [-0.25, -0.2) is 0 Å². The van der Waals surface area contributed by atoms with E-state index in [0.717, 1.165) is 38.2 Å². The van der Waals surface area contributed by atoms with E-state index >= 15 is 0 Å². The summed E-state index contributed by atoms with van der Waals surface area (Å²) < 4.78 is 12.1. The fraction of sp³-hybridized carbons (Fsp3) is 0.538. The molecule has 1 unspecified atom stereocenters. The lowest BCUT2D eigenvalue weighted by Gasteiger charge is -2.15. The van der Waals surface area contributed by atoms with E-state index in [9.17, 15) is 0 Å². The number of ether oxygens (including phenoxy) is 2. The fourth-order valence-corrected chi connectivity index (χ4v) is 5.46. The molecule has 2 nitrogen and oxygen atoms in total. The van der Waals surface area contributed by atoms with Gasteiger partial charge < -0.3 is 9.47 Å². The van der Waals surface area contributed by atoms with E-state index in [0.29, 0.717) is 0 Å². The van der Waals surface area contributed by atoms with E-state index in [1.807, 2.05) is 0 Å². The van der Waals surface area contributed by atoms with E-state index in [2.05, 4.69) is 93.6 Å². The van der Waals surface area contributed by atoms with Gasteiger partial charge in [-0.1, -0.05) is 158 Å². The smallest absolute Gasteiger partial charge is 0.119 e. The second-order valence-electron chi connectivity index (χ2n) is 11.6. The summed E-state index contributed by atoms with van der Waals surface area (Å²) in [5.41, 5.74) is 6.17. The molecule has 3 rings (SSSR count). The summed E-state index contributed by atoms with van der Waals surface area (Å²) in [6, 6.07) is 26.1. The van der Waals surface area contributed by atoms with Crippen molar-refractivity contribution in [3.05, 3.63) is 78.4 Å². The van der Waals surface area contributed by atoms with Crippen molar-refractivity contribution in [1.29, 1.82) is 0 Å². The van der Waals surface area contributed by atoms with Crippen LogP contribution in [0.15, 0.2) is 72.8 Å². The summed E-state index contributed by atoms with van der Waals surface area (Å²) in [6.07, 6.45) is 20.2. The molecule has 224 valence electrons. The molecule has 2 heteroatoms. The molecule has 3 aromatic carbocycles. The van der Waals surface area contributed by atoms with Crippen LogP contribution in [0.3, 0.4) is 0 Å². The lowest BCUT2D eigenvalue weighted by molar-refractivity contribution is 0.0637. The molecular weight excluding hydrogens is 500 g/mol. The maximum Gasteiger partial charge on any atom is 0.119 e. The Labute approximate surface area is 251 Å². The van der Waals surface area contributed by atoms with E-state index < -0.39 is 0 Å². The van der Waals surface area contributed by atoms with E-state index in [4.69, 9.17) is 9.47 Å². The van der Waals surface area contributed by atoms with Crippen LogP contribution in [-0.4, -0.2) is 13.2 Å². The molecule has 0 spiro atoms. The normalized spacial score (nSPS) is 12.0. The molecule has 0 aliphatic rings. The first-order valence-electron chi connectivity index (χ1n) is 16.8. The van der Waals surface area contributed by atoms with Crippen LogP contribution in [0.25, 0.3) is 22.3 Å². The van der Waals surface area contributed by atoms with Crippen LogP contribution in [0, 0.1) is 0 Å². The molecule has 1 atom stereocenters. The maximum atomic E-state index is 6.07. The van der Waals surface area contributed by atoms with Crippen LogP contribution < -0.4 is 4.74 Å². The highest BCUT2D eigenvalue weighted by Gasteiger charge is 2.10. The Balaban J connectivity index is 1.37. The van der Waals surface area contributed by atoms with Crippen LogP contribution in [0.1, 0.15) is 129 Å². The minimum Gasteiger partial charge on any atom is -0.494 e. The standard InChI is InChI=1S/C39H56O2/c1-4-6-8-9-10-11-12-13-14-15-16-17-20-32-41-37-29-27-36(28-30-37)39-22-19-18-21-38(39)35-25-23-34(24-26-35)33(3)40-31-7-5-2/h18-19,21-30,33H,4-17,20,31-32H2,1-3H3. The highest BCUT2D eigenvalue weighted by molar-refractivity contribution is 5.83. The summed E-state index contributed by atoms with van der Waals surface area (Å²) in [5, 5.41) is 0. The molecular formula is C39H56O2. The molecule has 0 N–H and O–H groups in total. The molecule has 0 aliphatic heterocycles. The molecule has 0 saturated carbocycles. The number of benzene rings is 3. The van der Waals surface area contributed by atoms with E-state index in [1.165, 1.54) is 105 Å². The third kappa shape index (κ3) is 12.4. The molecule has 0 aliphatic carbocycles. The Morgan fingerprint density at radius 2 is 0.951 bits per heavy atom. The molecule has 0 radical (unpaired) electrons. The van der Waals surface area contributed by atoms with E-state index in [-0.39, 0.29) is 6.10 Å². The van der Waals surface area contributed by atoms with Gasteiger partial charge in [0.2, 0.25) is 0 Å².